The summed E-state index contributed by atoms with van der Waals surface area (Å²) < 4.78 is 3.70. The number of anilines is 1. The van der Waals surface area contributed by atoms with Crippen molar-refractivity contribution < 1.29 is 4.79 Å². The summed E-state index contributed by atoms with van der Waals surface area (Å²) in [6.45, 7) is 1.66. The first-order chi connectivity index (χ1) is 13.5. The number of nitriles is 1. The largest absolute Gasteiger partial charge is 0.286 e. The number of aromatic nitrogens is 2. The minimum atomic E-state index is -0.727. The van der Waals surface area contributed by atoms with Gasteiger partial charge in [0.05, 0.1) is 11.4 Å². The van der Waals surface area contributed by atoms with E-state index in [-0.39, 0.29) is 5.56 Å². The molecule has 0 saturated carbocycles. The Morgan fingerprint density at radius 2 is 1.79 bits per heavy atom. The molecule has 2 aromatic carbocycles. The highest BCUT2D eigenvalue weighted by atomic mass is 79.9. The quantitative estimate of drug-likeness (QED) is 0.376. The third kappa shape index (κ3) is 3.52. The number of para-hydroxylation sites is 2. The highest BCUT2D eigenvalue weighted by molar-refractivity contribution is 9.10. The molecule has 28 heavy (non-hydrogen) atoms. The molecule has 0 saturated heterocycles. The van der Waals surface area contributed by atoms with Crippen LogP contribution in [-0.4, -0.2) is 20.9 Å². The second-order valence-corrected chi connectivity index (χ2v) is 6.78. The van der Waals surface area contributed by atoms with Gasteiger partial charge in [0, 0.05) is 17.2 Å². The highest BCUT2D eigenvalue weighted by Gasteiger charge is 2.26. The van der Waals surface area contributed by atoms with Gasteiger partial charge in [0.15, 0.2) is 0 Å². The summed E-state index contributed by atoms with van der Waals surface area (Å²) in [5.74, 6) is -0.727. The van der Waals surface area contributed by atoms with Gasteiger partial charge in [-0.1, -0.05) is 30.3 Å². The van der Waals surface area contributed by atoms with Crippen molar-refractivity contribution in [2.75, 3.05) is 5.43 Å². The van der Waals surface area contributed by atoms with E-state index in [0.29, 0.717) is 17.1 Å². The van der Waals surface area contributed by atoms with Gasteiger partial charge in [0.2, 0.25) is 11.5 Å². The first-order valence-corrected chi connectivity index (χ1v) is 9.12. The number of ketones is 1. The van der Waals surface area contributed by atoms with Crippen LogP contribution >= 0.6 is 15.9 Å². The molecule has 0 radical (unpaired) electrons. The molecule has 3 aromatic rings. The highest BCUT2D eigenvalue weighted by Crippen LogP contribution is 2.21. The van der Waals surface area contributed by atoms with E-state index in [0.717, 1.165) is 4.47 Å². The van der Waals surface area contributed by atoms with E-state index >= 15 is 0 Å². The van der Waals surface area contributed by atoms with Crippen LogP contribution < -0.4 is 11.0 Å². The molecule has 0 spiro atoms. The number of rotatable bonds is 5. The Kier molecular flexibility index (Phi) is 5.57. The van der Waals surface area contributed by atoms with Gasteiger partial charge >= 0.3 is 0 Å². The summed E-state index contributed by atoms with van der Waals surface area (Å²) in [7, 11) is 1.68. The molecule has 1 heterocycles. The zero-order valence-corrected chi connectivity index (χ0v) is 16.8. The summed E-state index contributed by atoms with van der Waals surface area (Å²) in [5, 5.41) is 13.3. The van der Waals surface area contributed by atoms with Crippen LogP contribution in [0.4, 0.5) is 5.69 Å². The van der Waals surface area contributed by atoms with E-state index in [1.54, 1.807) is 67.2 Å². The zero-order valence-electron chi connectivity index (χ0n) is 15.2. The van der Waals surface area contributed by atoms with Gasteiger partial charge in [-0.25, -0.2) is 4.68 Å². The summed E-state index contributed by atoms with van der Waals surface area (Å²) in [6, 6.07) is 17.9. The Bertz CT molecular complexity index is 1170. The number of Topliss-reactive ketones (excluding diaryl/α,β-unsaturated/α-hetero) is 1. The van der Waals surface area contributed by atoms with Gasteiger partial charge in [-0.05, 0) is 47.1 Å². The molecule has 1 N–H and O–H groups in total. The Hall–Kier alpha value is -3.44. The molecule has 0 aliphatic carbocycles. The van der Waals surface area contributed by atoms with Crippen LogP contribution in [0.2, 0.25) is 0 Å². The van der Waals surface area contributed by atoms with E-state index in [1.165, 1.54) is 4.68 Å². The topological polar surface area (TPSA) is 92.2 Å². The molecule has 0 fully saturated rings. The normalized spacial score (nSPS) is 11.1. The molecule has 0 bridgehead atoms. The minimum absolute atomic E-state index is 0.0828. The van der Waals surface area contributed by atoms with E-state index in [4.69, 9.17) is 0 Å². The number of hydrogen-bond donors (Lipinski definition) is 1. The molecule has 0 aliphatic rings. The van der Waals surface area contributed by atoms with Gasteiger partial charge in [-0.3, -0.25) is 19.7 Å². The van der Waals surface area contributed by atoms with Crippen molar-refractivity contribution in [3.8, 4) is 11.8 Å². The number of nitrogens with zero attached hydrogens (tertiary/aromatic N) is 4. The van der Waals surface area contributed by atoms with Crippen molar-refractivity contribution in [3.05, 3.63) is 80.7 Å². The molecular formula is C20H16BrN5O2. The van der Waals surface area contributed by atoms with Crippen molar-refractivity contribution in [2.45, 2.75) is 6.92 Å². The molecule has 1 aromatic heterocycles. The number of nitrogens with one attached hydrogen (secondary N) is 1. The Morgan fingerprint density at radius 3 is 2.43 bits per heavy atom. The second-order valence-electron chi connectivity index (χ2n) is 5.93. The van der Waals surface area contributed by atoms with Gasteiger partial charge in [0.1, 0.15) is 11.6 Å². The average Bonchev–Trinajstić information content (AvgIpc) is 2.92. The van der Waals surface area contributed by atoms with E-state index in [9.17, 15) is 14.9 Å². The monoisotopic (exact) mass is 437 g/mol. The van der Waals surface area contributed by atoms with E-state index < -0.39 is 17.1 Å². The molecular weight excluding hydrogens is 422 g/mol. The first-order valence-electron chi connectivity index (χ1n) is 8.32. The maximum absolute atomic E-state index is 12.9. The standard InChI is InChI=1S/C20H16BrN5O2/c1-13-18(20(28)26(25(13)2)14-8-4-3-5-9-14)19(27)17(12-22)24-23-16-11-7-6-10-15(16)21/h3-11,23H,1-2H3/b24-17+. The maximum Gasteiger partial charge on any atom is 0.283 e. The first kappa shape index (κ1) is 19.3. The number of benzene rings is 2. The average molecular weight is 438 g/mol. The fourth-order valence-corrected chi connectivity index (χ4v) is 3.12. The minimum Gasteiger partial charge on any atom is -0.286 e. The van der Waals surface area contributed by atoms with Crippen molar-refractivity contribution in [2.24, 2.45) is 12.1 Å². The van der Waals surface area contributed by atoms with Crippen LogP contribution in [0.25, 0.3) is 5.69 Å². The number of carbonyl (C=O) groups excluding carboxylic acids is 1. The van der Waals surface area contributed by atoms with Crippen LogP contribution in [0.15, 0.2) is 69.0 Å². The van der Waals surface area contributed by atoms with E-state index in [1.807, 2.05) is 12.1 Å². The number of carbonyl (C=O) groups is 1. The molecule has 3 rings (SSSR count). The Labute approximate surface area is 169 Å². The smallest absolute Gasteiger partial charge is 0.283 e. The third-order valence-electron chi connectivity index (χ3n) is 4.26. The molecule has 8 heteroatoms. The predicted octanol–water partition coefficient (Wildman–Crippen LogP) is 3.42. The molecule has 0 aliphatic heterocycles. The summed E-state index contributed by atoms with van der Waals surface area (Å²) in [6.07, 6.45) is 0. The van der Waals surface area contributed by atoms with Crippen LogP contribution in [0.3, 0.4) is 0 Å². The SMILES string of the molecule is Cc1c(C(=O)/C(C#N)=N/Nc2ccccc2Br)c(=O)n(-c2ccccc2)n1C. The lowest BCUT2D eigenvalue weighted by Gasteiger charge is -2.07. The fourth-order valence-electron chi connectivity index (χ4n) is 2.74. The predicted molar refractivity (Wildman–Crippen MR) is 111 cm³/mol. The van der Waals surface area contributed by atoms with Crippen molar-refractivity contribution in [3.63, 3.8) is 0 Å². The number of hydrogen-bond acceptors (Lipinski definition) is 5. The van der Waals surface area contributed by atoms with Gasteiger partial charge in [0.25, 0.3) is 5.56 Å². The Morgan fingerprint density at radius 1 is 1.14 bits per heavy atom. The summed E-state index contributed by atoms with van der Waals surface area (Å²) >= 11 is 3.36. The molecule has 0 amide bonds. The molecule has 7 nitrogen and oxygen atoms in total. The second kappa shape index (κ2) is 8.06. The van der Waals surface area contributed by atoms with Crippen molar-refractivity contribution >= 4 is 33.1 Å². The van der Waals surface area contributed by atoms with Crippen LogP contribution in [-0.2, 0) is 7.05 Å². The lowest BCUT2D eigenvalue weighted by molar-refractivity contribution is 0.106. The molecule has 0 atom stereocenters. The fraction of sp³-hybridized carbons (Fsp3) is 0.100. The number of halogens is 1. The molecule has 140 valence electrons. The number of hydrazone groups is 1. The summed E-state index contributed by atoms with van der Waals surface area (Å²) in [5.41, 5.74) is 3.37. The Balaban J connectivity index is 2.02. The van der Waals surface area contributed by atoms with Crippen LogP contribution in [0, 0.1) is 18.3 Å². The van der Waals surface area contributed by atoms with Crippen LogP contribution in [0.1, 0.15) is 16.1 Å². The third-order valence-corrected chi connectivity index (χ3v) is 4.96. The lowest BCUT2D eigenvalue weighted by atomic mass is 10.1. The van der Waals surface area contributed by atoms with Gasteiger partial charge in [-0.2, -0.15) is 10.4 Å². The lowest BCUT2D eigenvalue weighted by Crippen LogP contribution is -2.25. The van der Waals surface area contributed by atoms with Crippen molar-refractivity contribution in [1.82, 2.24) is 9.36 Å². The zero-order chi connectivity index (χ0) is 20.3. The molecule has 0 unspecified atom stereocenters. The van der Waals surface area contributed by atoms with Gasteiger partial charge < -0.3 is 0 Å². The van der Waals surface area contributed by atoms with Gasteiger partial charge in [-0.15, -0.1) is 0 Å². The van der Waals surface area contributed by atoms with E-state index in [2.05, 4.69) is 26.5 Å². The maximum atomic E-state index is 12.9. The van der Waals surface area contributed by atoms with Crippen LogP contribution in [0.5, 0.6) is 0 Å². The van der Waals surface area contributed by atoms with Crippen molar-refractivity contribution in [1.29, 1.82) is 5.26 Å². The summed E-state index contributed by atoms with van der Waals surface area (Å²) in [4.78, 5) is 25.8.